The van der Waals surface area contributed by atoms with Crippen LogP contribution in [0.2, 0.25) is 0 Å². The number of hydrogen-bond donors (Lipinski definition) is 1. The Labute approximate surface area is 130 Å². The summed E-state index contributed by atoms with van der Waals surface area (Å²) in [5.41, 5.74) is 2.06. The van der Waals surface area contributed by atoms with E-state index >= 15 is 0 Å². The van der Waals surface area contributed by atoms with Crippen molar-refractivity contribution in [1.29, 1.82) is 0 Å². The molecule has 0 spiro atoms. The molecular formula is C14H20N2O3S2. The molecule has 0 radical (unpaired) electrons. The van der Waals surface area contributed by atoms with E-state index in [1.807, 2.05) is 18.2 Å². The van der Waals surface area contributed by atoms with Gasteiger partial charge in [0.2, 0.25) is 0 Å². The molecule has 5 nitrogen and oxygen atoms in total. The third kappa shape index (κ3) is 3.30. The molecule has 2 heterocycles. The molecule has 2 aliphatic rings. The van der Waals surface area contributed by atoms with E-state index in [1.54, 1.807) is 11.8 Å². The highest BCUT2D eigenvalue weighted by Crippen LogP contribution is 2.33. The number of nitrogens with zero attached hydrogens (tertiary/aromatic N) is 1. The quantitative estimate of drug-likeness (QED) is 0.905. The zero-order valence-electron chi connectivity index (χ0n) is 12.0. The SMILES string of the molecule is CS(=O)(=O)C1CSCCN1Cc1cccc2c1OCCN2. The first-order valence-electron chi connectivity index (χ1n) is 7.05. The Morgan fingerprint density at radius 2 is 2.33 bits per heavy atom. The Kier molecular flexibility index (Phi) is 4.33. The summed E-state index contributed by atoms with van der Waals surface area (Å²) in [5.74, 6) is 2.49. The van der Waals surface area contributed by atoms with Crippen LogP contribution in [0.4, 0.5) is 5.69 Å². The fourth-order valence-electron chi connectivity index (χ4n) is 2.77. The lowest BCUT2D eigenvalue weighted by molar-refractivity contribution is 0.252. The van der Waals surface area contributed by atoms with Gasteiger partial charge in [0.05, 0.1) is 5.69 Å². The number of ether oxygens (including phenoxy) is 1. The highest BCUT2D eigenvalue weighted by molar-refractivity contribution is 8.00. The van der Waals surface area contributed by atoms with Crippen LogP contribution in [0.5, 0.6) is 5.75 Å². The molecule has 1 unspecified atom stereocenters. The Morgan fingerprint density at radius 1 is 1.48 bits per heavy atom. The van der Waals surface area contributed by atoms with Crippen LogP contribution in [0.3, 0.4) is 0 Å². The van der Waals surface area contributed by atoms with Crippen molar-refractivity contribution >= 4 is 27.3 Å². The monoisotopic (exact) mass is 328 g/mol. The lowest BCUT2D eigenvalue weighted by Crippen LogP contribution is -2.46. The summed E-state index contributed by atoms with van der Waals surface area (Å²) in [6.45, 7) is 2.86. The highest BCUT2D eigenvalue weighted by atomic mass is 32.2. The van der Waals surface area contributed by atoms with Crippen LogP contribution >= 0.6 is 11.8 Å². The molecular weight excluding hydrogens is 308 g/mol. The third-order valence-corrected chi connectivity index (χ3v) is 6.51. The van der Waals surface area contributed by atoms with Crippen molar-refractivity contribution in [2.24, 2.45) is 0 Å². The van der Waals surface area contributed by atoms with E-state index in [0.29, 0.717) is 18.9 Å². The number of rotatable bonds is 3. The van der Waals surface area contributed by atoms with Crippen molar-refractivity contribution in [3.05, 3.63) is 23.8 Å². The van der Waals surface area contributed by atoms with E-state index in [0.717, 1.165) is 35.8 Å². The zero-order chi connectivity index (χ0) is 14.9. The zero-order valence-corrected chi connectivity index (χ0v) is 13.7. The molecule has 2 aliphatic heterocycles. The molecule has 3 rings (SSSR count). The van der Waals surface area contributed by atoms with Crippen LogP contribution in [0.15, 0.2) is 18.2 Å². The van der Waals surface area contributed by atoms with Crippen molar-refractivity contribution in [3.8, 4) is 5.75 Å². The lowest BCUT2D eigenvalue weighted by Gasteiger charge is -2.34. The molecule has 1 aromatic rings. The van der Waals surface area contributed by atoms with Gasteiger partial charge in [-0.15, -0.1) is 0 Å². The number of anilines is 1. The molecule has 1 atom stereocenters. The number of thioether (sulfide) groups is 1. The number of fused-ring (bicyclic) bond motifs is 1. The van der Waals surface area contributed by atoms with Gasteiger partial charge in [-0.25, -0.2) is 8.42 Å². The molecule has 0 saturated carbocycles. The first-order chi connectivity index (χ1) is 10.1. The summed E-state index contributed by atoms with van der Waals surface area (Å²) in [5, 5.41) is 2.92. The molecule has 0 amide bonds. The predicted octanol–water partition coefficient (Wildman–Crippen LogP) is 1.41. The smallest absolute Gasteiger partial charge is 0.164 e. The molecule has 1 fully saturated rings. The second kappa shape index (κ2) is 6.06. The van der Waals surface area contributed by atoms with Gasteiger partial charge in [0.15, 0.2) is 9.84 Å². The Hall–Kier alpha value is -0.920. The molecule has 1 aromatic carbocycles. The normalized spacial score (nSPS) is 23.0. The van der Waals surface area contributed by atoms with E-state index in [4.69, 9.17) is 4.74 Å². The minimum Gasteiger partial charge on any atom is -0.489 e. The third-order valence-electron chi connectivity index (χ3n) is 3.82. The summed E-state index contributed by atoms with van der Waals surface area (Å²) in [6.07, 6.45) is 1.33. The Bertz CT molecular complexity index is 619. The van der Waals surface area contributed by atoms with Gasteiger partial charge in [-0.2, -0.15) is 11.8 Å². The maximum atomic E-state index is 12.0. The van der Waals surface area contributed by atoms with Gasteiger partial charge < -0.3 is 10.1 Å². The molecule has 116 valence electrons. The summed E-state index contributed by atoms with van der Waals surface area (Å²) in [4.78, 5) is 2.05. The van der Waals surface area contributed by atoms with E-state index in [-0.39, 0.29) is 0 Å². The topological polar surface area (TPSA) is 58.6 Å². The fourth-order valence-corrected chi connectivity index (χ4v) is 5.71. The second-order valence-corrected chi connectivity index (χ2v) is 8.75. The highest BCUT2D eigenvalue weighted by Gasteiger charge is 2.31. The average Bonchev–Trinajstić information content (AvgIpc) is 2.47. The number of hydrogen-bond acceptors (Lipinski definition) is 6. The molecule has 0 aliphatic carbocycles. The summed E-state index contributed by atoms with van der Waals surface area (Å²) >= 11 is 1.71. The van der Waals surface area contributed by atoms with Crippen LogP contribution < -0.4 is 10.1 Å². The van der Waals surface area contributed by atoms with Crippen molar-refractivity contribution in [3.63, 3.8) is 0 Å². The summed E-state index contributed by atoms with van der Waals surface area (Å²) < 4.78 is 29.7. The maximum Gasteiger partial charge on any atom is 0.164 e. The van der Waals surface area contributed by atoms with Crippen molar-refractivity contribution in [2.75, 3.05) is 42.8 Å². The van der Waals surface area contributed by atoms with Crippen LogP contribution in [0.25, 0.3) is 0 Å². The Morgan fingerprint density at radius 3 is 3.14 bits per heavy atom. The maximum absolute atomic E-state index is 12.0. The summed E-state index contributed by atoms with van der Waals surface area (Å²) in [7, 11) is -3.07. The van der Waals surface area contributed by atoms with E-state index in [2.05, 4.69) is 10.2 Å². The van der Waals surface area contributed by atoms with Gasteiger partial charge in [0.1, 0.15) is 17.7 Å². The van der Waals surface area contributed by atoms with Crippen LogP contribution in [-0.2, 0) is 16.4 Å². The summed E-state index contributed by atoms with van der Waals surface area (Å²) in [6, 6.07) is 6.01. The van der Waals surface area contributed by atoms with Crippen LogP contribution in [0.1, 0.15) is 5.56 Å². The molecule has 7 heteroatoms. The van der Waals surface area contributed by atoms with Gasteiger partial charge in [0.25, 0.3) is 0 Å². The Balaban J connectivity index is 1.85. The van der Waals surface area contributed by atoms with E-state index in [1.165, 1.54) is 6.26 Å². The number of nitrogens with one attached hydrogen (secondary N) is 1. The van der Waals surface area contributed by atoms with Gasteiger partial charge >= 0.3 is 0 Å². The first kappa shape index (κ1) is 15.0. The van der Waals surface area contributed by atoms with Gasteiger partial charge in [0, 0.05) is 43.0 Å². The predicted molar refractivity (Wildman–Crippen MR) is 86.8 cm³/mol. The molecule has 1 N–H and O–H groups in total. The van der Waals surface area contributed by atoms with E-state index in [9.17, 15) is 8.42 Å². The standard InChI is InChI=1S/C14H20N2O3S2/c1-21(17,18)13-10-20-8-6-16(13)9-11-3-2-4-12-14(11)19-7-5-15-12/h2-4,13,15H,5-10H2,1H3. The van der Waals surface area contributed by atoms with Crippen LogP contribution in [-0.4, -0.2) is 56.1 Å². The minimum absolute atomic E-state index is 0.399. The average molecular weight is 328 g/mol. The van der Waals surface area contributed by atoms with Crippen LogP contribution in [0, 0.1) is 0 Å². The van der Waals surface area contributed by atoms with Crippen molar-refractivity contribution in [1.82, 2.24) is 4.90 Å². The molecule has 21 heavy (non-hydrogen) atoms. The fraction of sp³-hybridized carbons (Fsp3) is 0.571. The number of benzene rings is 1. The first-order valence-corrected chi connectivity index (χ1v) is 10.2. The molecule has 0 aromatic heterocycles. The second-order valence-electron chi connectivity index (χ2n) is 5.40. The van der Waals surface area contributed by atoms with Crippen molar-refractivity contribution < 1.29 is 13.2 Å². The van der Waals surface area contributed by atoms with Crippen molar-refractivity contribution in [2.45, 2.75) is 11.9 Å². The molecule has 1 saturated heterocycles. The van der Waals surface area contributed by atoms with Gasteiger partial charge in [-0.3, -0.25) is 4.90 Å². The number of sulfone groups is 1. The lowest BCUT2D eigenvalue weighted by atomic mass is 10.1. The van der Waals surface area contributed by atoms with Gasteiger partial charge in [-0.1, -0.05) is 12.1 Å². The largest absolute Gasteiger partial charge is 0.489 e. The van der Waals surface area contributed by atoms with E-state index < -0.39 is 15.2 Å². The number of para-hydroxylation sites is 1. The molecule has 0 bridgehead atoms. The van der Waals surface area contributed by atoms with Gasteiger partial charge in [-0.05, 0) is 6.07 Å². The minimum atomic E-state index is -3.07.